The fourth-order valence-corrected chi connectivity index (χ4v) is 2.99. The van der Waals surface area contributed by atoms with E-state index in [4.69, 9.17) is 0 Å². The molecule has 0 bridgehead atoms. The molecule has 0 aromatic heterocycles. The highest BCUT2D eigenvalue weighted by Crippen LogP contribution is 2.29. The van der Waals surface area contributed by atoms with Gasteiger partial charge in [0.05, 0.1) is 0 Å². The van der Waals surface area contributed by atoms with Crippen molar-refractivity contribution >= 4 is 0 Å². The minimum atomic E-state index is 0.621. The highest BCUT2D eigenvalue weighted by Gasteiger charge is 2.15. The lowest BCUT2D eigenvalue weighted by Gasteiger charge is -2.20. The molecule has 1 atom stereocenters. The topological polar surface area (TPSA) is 0 Å². The molecule has 0 aliphatic carbocycles. The molecule has 106 valence electrons. The Labute approximate surface area is 123 Å². The molecular weight excluding hydrogens is 240 g/mol. The molecule has 0 N–H and O–H groups in total. The van der Waals surface area contributed by atoms with Gasteiger partial charge in [-0.15, -0.1) is 0 Å². The molecule has 0 saturated carbocycles. The Kier molecular flexibility index (Phi) is 4.65. The molecule has 0 heterocycles. The van der Waals surface area contributed by atoms with Crippen LogP contribution in [0, 0.1) is 27.7 Å². The van der Waals surface area contributed by atoms with E-state index < -0.39 is 0 Å². The lowest BCUT2D eigenvalue weighted by atomic mass is 9.84. The van der Waals surface area contributed by atoms with Crippen molar-refractivity contribution in [3.05, 3.63) is 69.8 Å². The Bertz CT molecular complexity index is 593. The van der Waals surface area contributed by atoms with Crippen molar-refractivity contribution in [2.24, 2.45) is 0 Å². The first-order valence-electron chi connectivity index (χ1n) is 7.65. The van der Waals surface area contributed by atoms with Crippen LogP contribution in [0.1, 0.15) is 52.6 Å². The molecule has 0 aliphatic heterocycles. The summed E-state index contributed by atoms with van der Waals surface area (Å²) in [6, 6.07) is 13.4. The third-order valence-corrected chi connectivity index (χ3v) is 4.76. The fraction of sp³-hybridized carbons (Fsp3) is 0.400. The van der Waals surface area contributed by atoms with Crippen molar-refractivity contribution in [1.82, 2.24) is 0 Å². The van der Waals surface area contributed by atoms with E-state index in [1.807, 2.05) is 0 Å². The lowest BCUT2D eigenvalue weighted by Crippen LogP contribution is -2.06. The summed E-state index contributed by atoms with van der Waals surface area (Å²) in [5.41, 5.74) is 8.74. The molecule has 0 heteroatoms. The van der Waals surface area contributed by atoms with Crippen molar-refractivity contribution in [3.8, 4) is 0 Å². The van der Waals surface area contributed by atoms with Gasteiger partial charge in [0.15, 0.2) is 0 Å². The van der Waals surface area contributed by atoms with E-state index in [1.165, 1.54) is 39.8 Å². The van der Waals surface area contributed by atoms with Gasteiger partial charge in [0, 0.05) is 0 Å². The van der Waals surface area contributed by atoms with Gasteiger partial charge in [0.25, 0.3) is 0 Å². The average molecular weight is 266 g/mol. The monoisotopic (exact) mass is 266 g/mol. The van der Waals surface area contributed by atoms with Crippen LogP contribution in [0.5, 0.6) is 0 Å². The number of hydrogen-bond acceptors (Lipinski definition) is 0. The molecule has 1 unspecified atom stereocenters. The quantitative estimate of drug-likeness (QED) is 0.670. The van der Waals surface area contributed by atoms with E-state index in [-0.39, 0.29) is 0 Å². The van der Waals surface area contributed by atoms with Gasteiger partial charge in [-0.1, -0.05) is 43.3 Å². The maximum Gasteiger partial charge on any atom is -0.0121 e. The van der Waals surface area contributed by atoms with Gasteiger partial charge >= 0.3 is 0 Å². The van der Waals surface area contributed by atoms with Crippen LogP contribution in [-0.2, 0) is 6.42 Å². The molecule has 2 aromatic carbocycles. The molecule has 0 saturated heterocycles. The molecule has 0 spiro atoms. The van der Waals surface area contributed by atoms with E-state index in [9.17, 15) is 0 Å². The van der Waals surface area contributed by atoms with Crippen LogP contribution in [0.25, 0.3) is 0 Å². The number of hydrogen-bond donors (Lipinski definition) is 0. The van der Waals surface area contributed by atoms with Crippen molar-refractivity contribution < 1.29 is 0 Å². The molecule has 0 amide bonds. The number of rotatable bonds is 4. The van der Waals surface area contributed by atoms with Crippen LogP contribution in [-0.4, -0.2) is 0 Å². The van der Waals surface area contributed by atoms with Gasteiger partial charge in [0.1, 0.15) is 0 Å². The normalized spacial score (nSPS) is 12.4. The highest BCUT2D eigenvalue weighted by atomic mass is 14.2. The van der Waals surface area contributed by atoms with Gasteiger partial charge in [-0.3, -0.25) is 0 Å². The van der Waals surface area contributed by atoms with Crippen LogP contribution < -0.4 is 0 Å². The van der Waals surface area contributed by atoms with Gasteiger partial charge in [0.2, 0.25) is 0 Å². The second-order valence-corrected chi connectivity index (χ2v) is 5.96. The minimum Gasteiger partial charge on any atom is -0.0648 e. The average Bonchev–Trinajstić information content (AvgIpc) is 2.44. The van der Waals surface area contributed by atoms with Crippen LogP contribution in [0.4, 0.5) is 0 Å². The van der Waals surface area contributed by atoms with E-state index in [2.05, 4.69) is 71.0 Å². The summed E-state index contributed by atoms with van der Waals surface area (Å²) in [6.45, 7) is 11.2. The van der Waals surface area contributed by atoms with Gasteiger partial charge < -0.3 is 0 Å². The summed E-state index contributed by atoms with van der Waals surface area (Å²) in [4.78, 5) is 0. The largest absolute Gasteiger partial charge is 0.0648 e. The van der Waals surface area contributed by atoms with Crippen molar-refractivity contribution in [2.75, 3.05) is 0 Å². The summed E-state index contributed by atoms with van der Waals surface area (Å²) in [6.07, 6.45) is 2.34. The maximum absolute atomic E-state index is 2.31. The standard InChI is InChI=1S/C20H26/c1-6-18(20-12-8-10-15(3)17(20)5)13-19-11-7-9-14(2)16(19)4/h7-12,18H,6,13H2,1-5H3. The smallest absolute Gasteiger partial charge is 0.0121 e. The SMILES string of the molecule is CCC(Cc1cccc(C)c1C)c1cccc(C)c1C. The number of aryl methyl sites for hydroxylation is 2. The van der Waals surface area contributed by atoms with E-state index >= 15 is 0 Å². The molecule has 0 aliphatic rings. The summed E-state index contributed by atoms with van der Waals surface area (Å²) in [5.74, 6) is 0.621. The van der Waals surface area contributed by atoms with Crippen molar-refractivity contribution in [3.63, 3.8) is 0 Å². The second-order valence-electron chi connectivity index (χ2n) is 5.96. The zero-order chi connectivity index (χ0) is 14.7. The summed E-state index contributed by atoms with van der Waals surface area (Å²) >= 11 is 0. The Morgan fingerprint density at radius 3 is 2.05 bits per heavy atom. The zero-order valence-corrected chi connectivity index (χ0v) is 13.5. The van der Waals surface area contributed by atoms with Crippen molar-refractivity contribution in [1.29, 1.82) is 0 Å². The Hall–Kier alpha value is -1.56. The predicted octanol–water partition coefficient (Wildman–Crippen LogP) is 5.66. The first kappa shape index (κ1) is 14.8. The molecule has 2 aromatic rings. The maximum atomic E-state index is 2.31. The summed E-state index contributed by atoms with van der Waals surface area (Å²) < 4.78 is 0. The Morgan fingerprint density at radius 2 is 1.40 bits per heavy atom. The molecule has 0 fully saturated rings. The van der Waals surface area contributed by atoms with Gasteiger partial charge in [-0.2, -0.15) is 0 Å². The van der Waals surface area contributed by atoms with Gasteiger partial charge in [-0.05, 0) is 79.8 Å². The Morgan fingerprint density at radius 1 is 0.800 bits per heavy atom. The third kappa shape index (κ3) is 2.95. The molecule has 20 heavy (non-hydrogen) atoms. The molecular formula is C20H26. The van der Waals surface area contributed by atoms with E-state index in [1.54, 1.807) is 0 Å². The van der Waals surface area contributed by atoms with Crippen LogP contribution in [0.2, 0.25) is 0 Å². The lowest BCUT2D eigenvalue weighted by molar-refractivity contribution is 0.653. The van der Waals surface area contributed by atoms with E-state index in [0.717, 1.165) is 6.42 Å². The van der Waals surface area contributed by atoms with Gasteiger partial charge in [-0.25, -0.2) is 0 Å². The Balaban J connectivity index is 2.34. The molecule has 0 radical (unpaired) electrons. The number of benzene rings is 2. The van der Waals surface area contributed by atoms with E-state index in [0.29, 0.717) is 5.92 Å². The van der Waals surface area contributed by atoms with Crippen LogP contribution >= 0.6 is 0 Å². The van der Waals surface area contributed by atoms with Crippen LogP contribution in [0.3, 0.4) is 0 Å². The van der Waals surface area contributed by atoms with Crippen LogP contribution in [0.15, 0.2) is 36.4 Å². The predicted molar refractivity (Wildman–Crippen MR) is 88.6 cm³/mol. The molecule has 0 nitrogen and oxygen atoms in total. The van der Waals surface area contributed by atoms with Crippen molar-refractivity contribution in [2.45, 2.75) is 53.4 Å². The zero-order valence-electron chi connectivity index (χ0n) is 13.5. The second kappa shape index (κ2) is 6.26. The first-order valence-corrected chi connectivity index (χ1v) is 7.65. The minimum absolute atomic E-state index is 0.621. The molecule has 2 rings (SSSR count). The summed E-state index contributed by atoms with van der Waals surface area (Å²) in [7, 11) is 0. The first-order chi connectivity index (χ1) is 9.54. The highest BCUT2D eigenvalue weighted by molar-refractivity contribution is 5.39. The third-order valence-electron chi connectivity index (χ3n) is 4.76. The summed E-state index contributed by atoms with van der Waals surface area (Å²) in [5, 5.41) is 0. The fourth-order valence-electron chi connectivity index (χ4n) is 2.99.